The van der Waals surface area contributed by atoms with E-state index in [1.807, 2.05) is 24.3 Å². The molecule has 0 bridgehead atoms. The van der Waals surface area contributed by atoms with E-state index in [0.29, 0.717) is 6.61 Å². The van der Waals surface area contributed by atoms with Crippen molar-refractivity contribution < 1.29 is 14.9 Å². The Labute approximate surface area is 120 Å². The van der Waals surface area contributed by atoms with Crippen LogP contribution in [0.3, 0.4) is 0 Å². The summed E-state index contributed by atoms with van der Waals surface area (Å²) in [6, 6.07) is 7.55. The highest BCUT2D eigenvalue weighted by Crippen LogP contribution is 2.13. The Morgan fingerprint density at radius 1 is 1.20 bits per heavy atom. The quantitative estimate of drug-likeness (QED) is 0.801. The van der Waals surface area contributed by atoms with Crippen molar-refractivity contribution in [1.82, 2.24) is 4.90 Å². The summed E-state index contributed by atoms with van der Waals surface area (Å²) in [5.74, 6) is 6.29. The van der Waals surface area contributed by atoms with Gasteiger partial charge in [0.1, 0.15) is 19.0 Å². The Bertz CT molecular complexity index is 453. The van der Waals surface area contributed by atoms with E-state index in [1.54, 1.807) is 0 Å². The molecule has 4 nitrogen and oxygen atoms in total. The average molecular weight is 275 g/mol. The third-order valence-corrected chi connectivity index (χ3v) is 3.40. The van der Waals surface area contributed by atoms with E-state index in [0.717, 1.165) is 43.8 Å². The van der Waals surface area contributed by atoms with Crippen LogP contribution >= 0.6 is 0 Å². The van der Waals surface area contributed by atoms with Crippen LogP contribution < -0.4 is 4.74 Å². The first kappa shape index (κ1) is 14.9. The van der Waals surface area contributed by atoms with E-state index >= 15 is 0 Å². The maximum Gasteiger partial charge on any atom is 0.119 e. The zero-order chi connectivity index (χ0) is 14.2. The number of hydrogen-bond acceptors (Lipinski definition) is 4. The molecule has 0 unspecified atom stereocenters. The van der Waals surface area contributed by atoms with Gasteiger partial charge in [-0.3, -0.25) is 4.90 Å². The van der Waals surface area contributed by atoms with Crippen LogP contribution in [0.5, 0.6) is 5.75 Å². The number of nitrogens with zero attached hydrogens (tertiary/aromatic N) is 1. The third-order valence-electron chi connectivity index (χ3n) is 3.40. The van der Waals surface area contributed by atoms with Gasteiger partial charge in [-0.15, -0.1) is 0 Å². The summed E-state index contributed by atoms with van der Waals surface area (Å²) < 4.78 is 5.69. The van der Waals surface area contributed by atoms with Crippen molar-refractivity contribution in [1.29, 1.82) is 0 Å². The molecule has 1 aliphatic rings. The number of hydrogen-bond donors (Lipinski definition) is 2. The van der Waals surface area contributed by atoms with E-state index in [2.05, 4.69) is 16.7 Å². The number of aliphatic hydroxyl groups is 2. The highest BCUT2D eigenvalue weighted by molar-refractivity contribution is 5.38. The summed E-state index contributed by atoms with van der Waals surface area (Å²) in [6.07, 6.45) is 1.59. The second-order valence-electron chi connectivity index (χ2n) is 4.91. The molecule has 0 amide bonds. The fourth-order valence-corrected chi connectivity index (χ4v) is 2.21. The lowest BCUT2D eigenvalue weighted by atomic mass is 10.1. The number of aliphatic hydroxyl groups excluding tert-OH is 2. The molecule has 1 aromatic carbocycles. The molecule has 0 saturated carbocycles. The van der Waals surface area contributed by atoms with Crippen molar-refractivity contribution in [3.8, 4) is 17.6 Å². The molecule has 0 spiro atoms. The second-order valence-corrected chi connectivity index (χ2v) is 4.91. The van der Waals surface area contributed by atoms with Gasteiger partial charge >= 0.3 is 0 Å². The molecule has 20 heavy (non-hydrogen) atoms. The van der Waals surface area contributed by atoms with Gasteiger partial charge in [0.15, 0.2) is 0 Å². The van der Waals surface area contributed by atoms with Gasteiger partial charge in [0.05, 0.1) is 6.10 Å². The van der Waals surface area contributed by atoms with Gasteiger partial charge < -0.3 is 14.9 Å². The predicted octanol–water partition coefficient (Wildman–Crippen LogP) is 0.866. The molecule has 0 aliphatic carbocycles. The molecule has 2 rings (SSSR count). The first-order chi connectivity index (χ1) is 9.78. The molecule has 0 aromatic heterocycles. The number of piperidine rings is 1. The molecule has 1 fully saturated rings. The minimum atomic E-state index is -0.125. The summed E-state index contributed by atoms with van der Waals surface area (Å²) in [4.78, 5) is 2.31. The van der Waals surface area contributed by atoms with Gasteiger partial charge in [0, 0.05) is 25.2 Å². The summed E-state index contributed by atoms with van der Waals surface area (Å²) in [7, 11) is 0. The van der Waals surface area contributed by atoms with Crippen molar-refractivity contribution in [3.63, 3.8) is 0 Å². The van der Waals surface area contributed by atoms with Crippen LogP contribution in [0, 0.1) is 11.8 Å². The average Bonchev–Trinajstić information content (AvgIpc) is 2.48. The minimum Gasteiger partial charge on any atom is -0.492 e. The Balaban J connectivity index is 1.71. The van der Waals surface area contributed by atoms with E-state index in [9.17, 15) is 5.11 Å². The minimum absolute atomic E-state index is 0.122. The van der Waals surface area contributed by atoms with Gasteiger partial charge in [-0.1, -0.05) is 11.8 Å². The standard InChI is InChI=1S/C16H21NO3/c18-12-1-2-14-3-5-16(6-4-14)20-13-11-17-9-7-15(19)8-10-17/h3-6,15,18-19H,7-13H2. The lowest BCUT2D eigenvalue weighted by Crippen LogP contribution is -2.38. The molecule has 1 saturated heterocycles. The normalized spacial score (nSPS) is 16.5. The molecule has 1 aliphatic heterocycles. The van der Waals surface area contributed by atoms with E-state index in [4.69, 9.17) is 9.84 Å². The van der Waals surface area contributed by atoms with Gasteiger partial charge in [-0.05, 0) is 37.1 Å². The maximum absolute atomic E-state index is 9.43. The number of ether oxygens (including phenoxy) is 1. The molecule has 4 heteroatoms. The Morgan fingerprint density at radius 3 is 2.55 bits per heavy atom. The number of benzene rings is 1. The Morgan fingerprint density at radius 2 is 1.90 bits per heavy atom. The van der Waals surface area contributed by atoms with Gasteiger partial charge in [-0.2, -0.15) is 0 Å². The Kier molecular flexibility index (Phi) is 5.87. The largest absolute Gasteiger partial charge is 0.492 e. The van der Waals surface area contributed by atoms with Gasteiger partial charge in [-0.25, -0.2) is 0 Å². The second kappa shape index (κ2) is 7.91. The van der Waals surface area contributed by atoms with Crippen LogP contribution in [0.2, 0.25) is 0 Å². The number of likely N-dealkylation sites (tertiary alicyclic amines) is 1. The first-order valence-corrected chi connectivity index (χ1v) is 7.01. The lowest BCUT2D eigenvalue weighted by molar-refractivity contribution is 0.0755. The topological polar surface area (TPSA) is 52.9 Å². The lowest BCUT2D eigenvalue weighted by Gasteiger charge is -2.29. The molecule has 2 N–H and O–H groups in total. The van der Waals surface area contributed by atoms with Crippen LogP contribution in [0.4, 0.5) is 0 Å². The van der Waals surface area contributed by atoms with Crippen LogP contribution in [0.1, 0.15) is 18.4 Å². The first-order valence-electron chi connectivity index (χ1n) is 7.01. The van der Waals surface area contributed by atoms with Gasteiger partial charge in [0.2, 0.25) is 0 Å². The van der Waals surface area contributed by atoms with E-state index < -0.39 is 0 Å². The zero-order valence-electron chi connectivity index (χ0n) is 11.6. The summed E-state index contributed by atoms with van der Waals surface area (Å²) in [5, 5.41) is 18.1. The third kappa shape index (κ3) is 4.86. The maximum atomic E-state index is 9.43. The van der Waals surface area contributed by atoms with E-state index in [-0.39, 0.29) is 12.7 Å². The SMILES string of the molecule is OCC#Cc1ccc(OCCN2CCC(O)CC2)cc1. The summed E-state index contributed by atoms with van der Waals surface area (Å²) in [5.41, 5.74) is 0.872. The molecule has 108 valence electrons. The van der Waals surface area contributed by atoms with Gasteiger partial charge in [0.25, 0.3) is 0 Å². The van der Waals surface area contributed by atoms with Crippen molar-refractivity contribution in [2.75, 3.05) is 32.8 Å². The molecule has 1 aromatic rings. The molecule has 0 atom stereocenters. The summed E-state index contributed by atoms with van der Waals surface area (Å²) >= 11 is 0. The fraction of sp³-hybridized carbons (Fsp3) is 0.500. The monoisotopic (exact) mass is 275 g/mol. The van der Waals surface area contributed by atoms with Crippen molar-refractivity contribution in [3.05, 3.63) is 29.8 Å². The van der Waals surface area contributed by atoms with Crippen molar-refractivity contribution in [2.45, 2.75) is 18.9 Å². The highest BCUT2D eigenvalue weighted by atomic mass is 16.5. The molecular weight excluding hydrogens is 254 g/mol. The Hall–Kier alpha value is -1.54. The van der Waals surface area contributed by atoms with Crippen molar-refractivity contribution in [2.24, 2.45) is 0 Å². The zero-order valence-corrected chi connectivity index (χ0v) is 11.6. The smallest absolute Gasteiger partial charge is 0.119 e. The van der Waals surface area contributed by atoms with Crippen LogP contribution in [0.15, 0.2) is 24.3 Å². The van der Waals surface area contributed by atoms with Crippen LogP contribution in [-0.2, 0) is 0 Å². The van der Waals surface area contributed by atoms with E-state index in [1.165, 1.54) is 0 Å². The van der Waals surface area contributed by atoms with Crippen LogP contribution in [0.25, 0.3) is 0 Å². The molecular formula is C16H21NO3. The number of rotatable bonds is 4. The van der Waals surface area contributed by atoms with Crippen molar-refractivity contribution >= 4 is 0 Å². The molecule has 0 radical (unpaired) electrons. The molecule has 1 heterocycles. The fourth-order valence-electron chi connectivity index (χ4n) is 2.21. The highest BCUT2D eigenvalue weighted by Gasteiger charge is 2.16. The van der Waals surface area contributed by atoms with Crippen LogP contribution in [-0.4, -0.2) is 54.1 Å². The summed E-state index contributed by atoms with van der Waals surface area (Å²) in [6.45, 7) is 3.31. The predicted molar refractivity (Wildman–Crippen MR) is 77.6 cm³/mol.